The number of rotatable bonds is 6. The number of furan rings is 1. The number of hydrogen-bond acceptors (Lipinski definition) is 4. The lowest BCUT2D eigenvalue weighted by Gasteiger charge is -2.10. The van der Waals surface area contributed by atoms with Crippen molar-refractivity contribution in [3.63, 3.8) is 0 Å². The van der Waals surface area contributed by atoms with Crippen molar-refractivity contribution in [3.05, 3.63) is 70.4 Å². The number of nitrogens with one attached hydrogen (secondary N) is 1. The van der Waals surface area contributed by atoms with Crippen LogP contribution >= 0.6 is 23.2 Å². The number of carbonyl (C=O) groups excluding carboxylic acids is 1. The molecular weight excluding hydrogens is 401 g/mol. The highest BCUT2D eigenvalue weighted by atomic mass is 35.5. The molecule has 0 atom stereocenters. The molecular formula is C21H17Cl2NO4. The van der Waals surface area contributed by atoms with E-state index in [0.717, 1.165) is 5.56 Å². The van der Waals surface area contributed by atoms with Gasteiger partial charge in [0.25, 0.3) is 0 Å². The molecule has 1 aromatic heterocycles. The van der Waals surface area contributed by atoms with Gasteiger partial charge in [0.05, 0.1) is 24.9 Å². The van der Waals surface area contributed by atoms with Crippen molar-refractivity contribution >= 4 is 40.9 Å². The van der Waals surface area contributed by atoms with Gasteiger partial charge in [0, 0.05) is 22.7 Å². The van der Waals surface area contributed by atoms with E-state index >= 15 is 0 Å². The van der Waals surface area contributed by atoms with Crippen molar-refractivity contribution in [3.8, 4) is 22.8 Å². The van der Waals surface area contributed by atoms with Gasteiger partial charge in [0.1, 0.15) is 23.0 Å². The zero-order chi connectivity index (χ0) is 20.1. The summed E-state index contributed by atoms with van der Waals surface area (Å²) >= 11 is 12.1. The van der Waals surface area contributed by atoms with Crippen LogP contribution in [0, 0.1) is 0 Å². The molecule has 0 aliphatic heterocycles. The fourth-order valence-electron chi connectivity index (χ4n) is 2.52. The number of hydrogen-bond donors (Lipinski definition) is 1. The first-order valence-electron chi connectivity index (χ1n) is 8.26. The van der Waals surface area contributed by atoms with Gasteiger partial charge in [0.15, 0.2) is 0 Å². The third-order valence-corrected chi connectivity index (χ3v) is 4.43. The summed E-state index contributed by atoms with van der Waals surface area (Å²) in [5, 5.41) is 3.78. The fraction of sp³-hybridized carbons (Fsp3) is 0.0952. The second kappa shape index (κ2) is 8.87. The van der Waals surface area contributed by atoms with Gasteiger partial charge < -0.3 is 19.2 Å². The molecule has 3 rings (SSSR count). The molecule has 28 heavy (non-hydrogen) atoms. The molecule has 144 valence electrons. The summed E-state index contributed by atoms with van der Waals surface area (Å²) in [5.41, 5.74) is 1.22. The van der Waals surface area contributed by atoms with Crippen molar-refractivity contribution in [2.45, 2.75) is 0 Å². The number of methoxy groups -OCH3 is 2. The van der Waals surface area contributed by atoms with E-state index in [1.807, 2.05) is 0 Å². The second-order valence-corrected chi connectivity index (χ2v) is 6.56. The van der Waals surface area contributed by atoms with Crippen LogP contribution < -0.4 is 14.8 Å². The first-order valence-corrected chi connectivity index (χ1v) is 9.02. The lowest BCUT2D eigenvalue weighted by atomic mass is 10.2. The number of anilines is 1. The van der Waals surface area contributed by atoms with Gasteiger partial charge in [-0.15, -0.1) is 0 Å². The topological polar surface area (TPSA) is 60.7 Å². The molecule has 0 radical (unpaired) electrons. The van der Waals surface area contributed by atoms with Crippen LogP contribution in [-0.2, 0) is 4.79 Å². The standard InChI is InChI=1S/C21H17Cl2NO4/c1-26-15-5-9-20(27-2)18(12-15)24-21(25)10-6-14-4-8-19(28-14)16-7-3-13(22)11-17(16)23/h3-12H,1-2H3,(H,24,25)/b10-6+. The molecule has 0 fully saturated rings. The van der Waals surface area contributed by atoms with E-state index in [0.29, 0.717) is 38.8 Å². The fourth-order valence-corrected chi connectivity index (χ4v) is 3.02. The molecule has 1 amide bonds. The quantitative estimate of drug-likeness (QED) is 0.505. The first-order chi connectivity index (χ1) is 13.5. The summed E-state index contributed by atoms with van der Waals surface area (Å²) in [4.78, 5) is 12.3. The minimum atomic E-state index is -0.339. The molecule has 7 heteroatoms. The van der Waals surface area contributed by atoms with Crippen molar-refractivity contribution in [1.29, 1.82) is 0 Å². The molecule has 0 saturated heterocycles. The maximum Gasteiger partial charge on any atom is 0.248 e. The maximum atomic E-state index is 12.3. The number of ether oxygens (including phenoxy) is 2. The van der Waals surface area contributed by atoms with E-state index in [1.54, 1.807) is 61.7 Å². The Kier molecular flexibility index (Phi) is 6.29. The lowest BCUT2D eigenvalue weighted by Crippen LogP contribution is -2.09. The van der Waals surface area contributed by atoms with Gasteiger partial charge in [-0.25, -0.2) is 0 Å². The van der Waals surface area contributed by atoms with Crippen LogP contribution in [0.15, 0.2) is 59.0 Å². The third-order valence-electron chi connectivity index (χ3n) is 3.89. The molecule has 3 aromatic rings. The highest BCUT2D eigenvalue weighted by molar-refractivity contribution is 6.36. The van der Waals surface area contributed by atoms with E-state index < -0.39 is 0 Å². The summed E-state index contributed by atoms with van der Waals surface area (Å²) in [6.07, 6.45) is 2.93. The largest absolute Gasteiger partial charge is 0.497 e. The van der Waals surface area contributed by atoms with Crippen molar-refractivity contribution in [2.24, 2.45) is 0 Å². The predicted molar refractivity (Wildman–Crippen MR) is 111 cm³/mol. The van der Waals surface area contributed by atoms with E-state index in [1.165, 1.54) is 13.2 Å². The van der Waals surface area contributed by atoms with Gasteiger partial charge in [-0.3, -0.25) is 4.79 Å². The van der Waals surface area contributed by atoms with Gasteiger partial charge in [-0.2, -0.15) is 0 Å². The second-order valence-electron chi connectivity index (χ2n) is 5.71. The van der Waals surface area contributed by atoms with Crippen LogP contribution in [0.4, 0.5) is 5.69 Å². The zero-order valence-corrected chi connectivity index (χ0v) is 16.7. The van der Waals surface area contributed by atoms with Crippen LogP contribution in [0.2, 0.25) is 10.0 Å². The monoisotopic (exact) mass is 417 g/mol. The van der Waals surface area contributed by atoms with Crippen LogP contribution in [0.1, 0.15) is 5.76 Å². The Bertz CT molecular complexity index is 1030. The van der Waals surface area contributed by atoms with Crippen molar-refractivity contribution < 1.29 is 18.7 Å². The lowest BCUT2D eigenvalue weighted by molar-refractivity contribution is -0.111. The number of amides is 1. The van der Waals surface area contributed by atoms with Crippen LogP contribution in [0.25, 0.3) is 17.4 Å². The average molecular weight is 418 g/mol. The highest BCUT2D eigenvalue weighted by Gasteiger charge is 2.10. The average Bonchev–Trinajstić information content (AvgIpc) is 3.15. The van der Waals surface area contributed by atoms with Crippen LogP contribution in [-0.4, -0.2) is 20.1 Å². The zero-order valence-electron chi connectivity index (χ0n) is 15.2. The Morgan fingerprint density at radius 3 is 2.57 bits per heavy atom. The summed E-state index contributed by atoms with van der Waals surface area (Å²) in [6.45, 7) is 0. The molecule has 0 saturated carbocycles. The molecule has 0 spiro atoms. The molecule has 1 N–H and O–H groups in total. The normalized spacial score (nSPS) is 10.9. The minimum Gasteiger partial charge on any atom is -0.497 e. The minimum absolute atomic E-state index is 0.339. The smallest absolute Gasteiger partial charge is 0.248 e. The van der Waals surface area contributed by atoms with Gasteiger partial charge in [-0.1, -0.05) is 23.2 Å². The SMILES string of the molecule is COc1ccc(OC)c(NC(=O)/C=C/c2ccc(-c3ccc(Cl)cc3Cl)o2)c1. The Morgan fingerprint density at radius 1 is 1.04 bits per heavy atom. The molecule has 0 unspecified atom stereocenters. The molecule has 2 aromatic carbocycles. The maximum absolute atomic E-state index is 12.3. The Hall–Kier alpha value is -2.89. The predicted octanol–water partition coefficient (Wildman–Crippen LogP) is 5.92. The van der Waals surface area contributed by atoms with Crippen LogP contribution in [0.3, 0.4) is 0 Å². The van der Waals surface area contributed by atoms with Crippen LogP contribution in [0.5, 0.6) is 11.5 Å². The third kappa shape index (κ3) is 4.68. The summed E-state index contributed by atoms with van der Waals surface area (Å²) < 4.78 is 16.1. The number of carbonyl (C=O) groups is 1. The number of halogens is 2. The Balaban J connectivity index is 1.72. The van der Waals surface area contributed by atoms with Crippen molar-refractivity contribution in [1.82, 2.24) is 0 Å². The van der Waals surface area contributed by atoms with E-state index in [2.05, 4.69) is 5.32 Å². The molecule has 0 bridgehead atoms. The van der Waals surface area contributed by atoms with E-state index in [4.69, 9.17) is 37.1 Å². The van der Waals surface area contributed by atoms with Gasteiger partial charge in [-0.05, 0) is 48.5 Å². The van der Waals surface area contributed by atoms with Crippen molar-refractivity contribution in [2.75, 3.05) is 19.5 Å². The Labute approximate surface area is 172 Å². The summed E-state index contributed by atoms with van der Waals surface area (Å²) in [5.74, 6) is 1.88. The summed E-state index contributed by atoms with van der Waals surface area (Å²) in [7, 11) is 3.08. The first kappa shape index (κ1) is 19.9. The number of benzene rings is 2. The molecule has 1 heterocycles. The van der Waals surface area contributed by atoms with E-state index in [9.17, 15) is 4.79 Å². The summed E-state index contributed by atoms with van der Waals surface area (Å²) in [6, 6.07) is 13.8. The highest BCUT2D eigenvalue weighted by Crippen LogP contribution is 2.32. The van der Waals surface area contributed by atoms with E-state index in [-0.39, 0.29) is 5.91 Å². The molecule has 5 nitrogen and oxygen atoms in total. The van der Waals surface area contributed by atoms with Gasteiger partial charge >= 0.3 is 0 Å². The molecule has 0 aliphatic rings. The van der Waals surface area contributed by atoms with Gasteiger partial charge in [0.2, 0.25) is 5.91 Å². The Morgan fingerprint density at radius 2 is 1.86 bits per heavy atom. The molecule has 0 aliphatic carbocycles.